The van der Waals surface area contributed by atoms with Gasteiger partial charge < -0.3 is 10.2 Å². The highest BCUT2D eigenvalue weighted by Crippen LogP contribution is 2.24. The SMILES string of the molecule is C=C.C=C(NC)c1cccc(CN2CC=C(c3ccc(C)cc3)N=C2CCCF)c1.FCF. The van der Waals surface area contributed by atoms with Gasteiger partial charge in [0.05, 0.1) is 12.4 Å². The molecule has 1 N–H and O–H groups in total. The van der Waals surface area contributed by atoms with E-state index in [0.717, 1.165) is 41.4 Å². The molecule has 0 radical (unpaired) electrons. The number of benzene rings is 2. The molecule has 1 heterocycles. The van der Waals surface area contributed by atoms with E-state index in [9.17, 15) is 13.2 Å². The van der Waals surface area contributed by atoms with Gasteiger partial charge in [-0.2, -0.15) is 0 Å². The van der Waals surface area contributed by atoms with E-state index >= 15 is 0 Å². The Morgan fingerprint density at radius 2 is 1.76 bits per heavy atom. The fraction of sp³-hybridized carbons (Fsp3) is 0.296. The van der Waals surface area contributed by atoms with Gasteiger partial charge in [-0.1, -0.05) is 54.6 Å². The second kappa shape index (κ2) is 15.5. The Kier molecular flexibility index (Phi) is 13.0. The van der Waals surface area contributed by atoms with Crippen LogP contribution in [0.5, 0.6) is 0 Å². The Hall–Kier alpha value is -3.28. The number of nitrogens with one attached hydrogen (secondary N) is 1. The molecule has 0 saturated heterocycles. The largest absolute Gasteiger partial charge is 0.388 e. The molecule has 2 aromatic rings. The zero-order chi connectivity index (χ0) is 24.6. The second-order valence-corrected chi connectivity index (χ2v) is 7.19. The summed E-state index contributed by atoms with van der Waals surface area (Å²) in [6.07, 6.45) is 3.29. The minimum atomic E-state index is -1.75. The normalized spacial score (nSPS) is 12.3. The standard InChI is InChI=1S/C24H28FN3.C2H4.CH2F2/c1-18-9-11-21(12-10-18)23-13-15-28(24(27-23)8-5-14-25)17-20-6-4-7-22(16-20)19(2)26-3;1-2;2-1-3/h4,6-7,9-13,16,26H,2,5,8,14-15,17H2,1,3H3;1-2H2;1H2. The molecule has 1 aliphatic heterocycles. The van der Waals surface area contributed by atoms with Gasteiger partial charge in [0.1, 0.15) is 5.84 Å². The molecule has 0 atom stereocenters. The first kappa shape index (κ1) is 27.8. The molecule has 2 aromatic carbocycles. The second-order valence-electron chi connectivity index (χ2n) is 7.19. The molecule has 0 bridgehead atoms. The number of amidine groups is 1. The number of rotatable bonds is 8. The van der Waals surface area contributed by atoms with Crippen molar-refractivity contribution in [2.75, 3.05) is 27.2 Å². The van der Waals surface area contributed by atoms with Crippen LogP contribution in [-0.4, -0.2) is 37.9 Å². The molecule has 1 aliphatic rings. The molecule has 3 rings (SSSR count). The summed E-state index contributed by atoms with van der Waals surface area (Å²) in [5.74, 6) is 0.952. The van der Waals surface area contributed by atoms with Crippen molar-refractivity contribution in [3.63, 3.8) is 0 Å². The lowest BCUT2D eigenvalue weighted by Gasteiger charge is -2.29. The molecule has 0 aromatic heterocycles. The Morgan fingerprint density at radius 1 is 1.09 bits per heavy atom. The van der Waals surface area contributed by atoms with Crippen LogP contribution in [0.4, 0.5) is 13.2 Å². The van der Waals surface area contributed by atoms with Crippen molar-refractivity contribution in [1.82, 2.24) is 10.2 Å². The minimum absolute atomic E-state index is 0.325. The summed E-state index contributed by atoms with van der Waals surface area (Å²) in [5, 5.41) is 3.09. The molecule has 0 fully saturated rings. The first-order chi connectivity index (χ1) is 16.0. The highest BCUT2D eigenvalue weighted by atomic mass is 19.3. The topological polar surface area (TPSA) is 27.6 Å². The number of hydrogen-bond acceptors (Lipinski definition) is 3. The fourth-order valence-electron chi connectivity index (χ4n) is 3.28. The molecule has 33 heavy (non-hydrogen) atoms. The van der Waals surface area contributed by atoms with Gasteiger partial charge in [-0.3, -0.25) is 4.39 Å². The van der Waals surface area contributed by atoms with Crippen molar-refractivity contribution >= 4 is 17.2 Å². The molecule has 0 aliphatic carbocycles. The summed E-state index contributed by atoms with van der Waals surface area (Å²) < 4.78 is 32.1. The first-order valence-corrected chi connectivity index (χ1v) is 10.8. The number of hydrogen-bond donors (Lipinski definition) is 1. The van der Waals surface area contributed by atoms with E-state index in [1.807, 2.05) is 19.2 Å². The van der Waals surface area contributed by atoms with Crippen LogP contribution in [0.2, 0.25) is 0 Å². The lowest BCUT2D eigenvalue weighted by atomic mass is 10.1. The van der Waals surface area contributed by atoms with Crippen LogP contribution < -0.4 is 5.32 Å². The average molecular weight is 458 g/mol. The van der Waals surface area contributed by atoms with Gasteiger partial charge in [-0.25, -0.2) is 13.8 Å². The Labute approximate surface area is 196 Å². The van der Waals surface area contributed by atoms with Crippen molar-refractivity contribution in [3.05, 3.63) is 96.6 Å². The molecular weight excluding hydrogens is 423 g/mol. The summed E-state index contributed by atoms with van der Waals surface area (Å²) in [6, 6.07) is 16.7. The van der Waals surface area contributed by atoms with Crippen LogP contribution in [0.25, 0.3) is 11.4 Å². The molecule has 178 valence electrons. The molecule has 0 amide bonds. The smallest absolute Gasteiger partial charge is 0.229 e. The molecule has 6 heteroatoms. The van der Waals surface area contributed by atoms with E-state index < -0.39 is 6.93 Å². The summed E-state index contributed by atoms with van der Waals surface area (Å²) in [4.78, 5) is 7.11. The van der Waals surface area contributed by atoms with Crippen LogP contribution in [-0.2, 0) is 6.54 Å². The summed E-state index contributed by atoms with van der Waals surface area (Å²) >= 11 is 0. The molecular formula is C27H34F3N3. The first-order valence-electron chi connectivity index (χ1n) is 10.8. The maximum absolute atomic E-state index is 12.8. The van der Waals surface area contributed by atoms with Crippen molar-refractivity contribution in [3.8, 4) is 0 Å². The number of halogens is 3. The van der Waals surface area contributed by atoms with Gasteiger partial charge >= 0.3 is 0 Å². The van der Waals surface area contributed by atoms with Gasteiger partial charge in [-0.05, 0) is 42.2 Å². The maximum atomic E-state index is 12.8. The van der Waals surface area contributed by atoms with E-state index in [1.54, 1.807) is 0 Å². The Bertz CT molecular complexity index is 920. The lowest BCUT2D eigenvalue weighted by Crippen LogP contribution is -2.33. The van der Waals surface area contributed by atoms with Gasteiger partial charge in [0.2, 0.25) is 6.93 Å². The van der Waals surface area contributed by atoms with Crippen molar-refractivity contribution in [1.29, 1.82) is 0 Å². The number of nitrogens with zero attached hydrogens (tertiary/aromatic N) is 2. The number of aliphatic imine (C=N–C) groups is 1. The van der Waals surface area contributed by atoms with E-state index in [-0.39, 0.29) is 6.67 Å². The van der Waals surface area contributed by atoms with E-state index in [2.05, 4.69) is 79.4 Å². The average Bonchev–Trinajstić information content (AvgIpc) is 2.85. The van der Waals surface area contributed by atoms with Gasteiger partial charge in [0.25, 0.3) is 0 Å². The monoisotopic (exact) mass is 457 g/mol. The zero-order valence-electron chi connectivity index (χ0n) is 19.6. The summed E-state index contributed by atoms with van der Waals surface area (Å²) in [6.45, 7) is 11.6. The van der Waals surface area contributed by atoms with E-state index in [0.29, 0.717) is 12.8 Å². The number of aryl methyl sites for hydroxylation is 1. The zero-order valence-corrected chi connectivity index (χ0v) is 19.6. The van der Waals surface area contributed by atoms with Gasteiger partial charge in [-0.15, -0.1) is 13.2 Å². The maximum Gasteiger partial charge on any atom is 0.229 e. The molecule has 0 unspecified atom stereocenters. The molecule has 3 nitrogen and oxygen atoms in total. The highest BCUT2D eigenvalue weighted by molar-refractivity contribution is 5.90. The third-order valence-electron chi connectivity index (χ3n) is 4.95. The highest BCUT2D eigenvalue weighted by Gasteiger charge is 2.17. The van der Waals surface area contributed by atoms with Crippen LogP contribution in [0.1, 0.15) is 35.1 Å². The van der Waals surface area contributed by atoms with E-state index in [1.165, 1.54) is 11.1 Å². The van der Waals surface area contributed by atoms with Crippen molar-refractivity contribution in [2.45, 2.75) is 26.3 Å². The predicted molar refractivity (Wildman–Crippen MR) is 135 cm³/mol. The predicted octanol–water partition coefficient (Wildman–Crippen LogP) is 6.88. The quantitative estimate of drug-likeness (QED) is 0.438. The lowest BCUT2D eigenvalue weighted by molar-refractivity contribution is 0.295. The van der Waals surface area contributed by atoms with Gasteiger partial charge in [0.15, 0.2) is 0 Å². The van der Waals surface area contributed by atoms with Crippen LogP contribution in [0.3, 0.4) is 0 Å². The fourth-order valence-corrected chi connectivity index (χ4v) is 3.28. The summed E-state index contributed by atoms with van der Waals surface area (Å²) in [7, 11) is 1.87. The molecule has 0 saturated carbocycles. The van der Waals surface area contributed by atoms with Crippen LogP contribution >= 0.6 is 0 Å². The van der Waals surface area contributed by atoms with Crippen LogP contribution in [0, 0.1) is 6.92 Å². The van der Waals surface area contributed by atoms with E-state index in [4.69, 9.17) is 4.99 Å². The third kappa shape index (κ3) is 9.00. The Morgan fingerprint density at radius 3 is 2.36 bits per heavy atom. The third-order valence-corrected chi connectivity index (χ3v) is 4.95. The molecule has 0 spiro atoms. The minimum Gasteiger partial charge on any atom is -0.388 e. The van der Waals surface area contributed by atoms with Crippen molar-refractivity contribution in [2.24, 2.45) is 4.99 Å². The van der Waals surface area contributed by atoms with Crippen molar-refractivity contribution < 1.29 is 13.2 Å². The van der Waals surface area contributed by atoms with Crippen LogP contribution in [0.15, 0.2) is 79.3 Å². The number of alkyl halides is 3. The van der Waals surface area contributed by atoms with Gasteiger partial charge in [0, 0.05) is 32.3 Å². The summed E-state index contributed by atoms with van der Waals surface area (Å²) in [5.41, 5.74) is 6.47. The Balaban J connectivity index is 0.00000101.